The lowest BCUT2D eigenvalue weighted by Gasteiger charge is -2.12. The van der Waals surface area contributed by atoms with Gasteiger partial charge in [0.1, 0.15) is 0 Å². The lowest BCUT2D eigenvalue weighted by atomic mass is 10.1. The Bertz CT molecular complexity index is 1290. The number of halogens is 2. The summed E-state index contributed by atoms with van der Waals surface area (Å²) >= 11 is 12.7. The molecule has 2 amide bonds. The summed E-state index contributed by atoms with van der Waals surface area (Å²) in [7, 11) is 1.44. The van der Waals surface area contributed by atoms with Crippen molar-refractivity contribution in [3.05, 3.63) is 92.8 Å². The van der Waals surface area contributed by atoms with Crippen molar-refractivity contribution in [1.82, 2.24) is 0 Å². The largest absolute Gasteiger partial charge is 0.493 e. The smallest absolute Gasteiger partial charge is 0.343 e. The molecule has 0 aliphatic carbocycles. The highest BCUT2D eigenvalue weighted by Crippen LogP contribution is 2.37. The number of esters is 1. The molecule has 0 radical (unpaired) electrons. The maximum absolute atomic E-state index is 12.8. The average Bonchev–Trinajstić information content (AvgIpc) is 3.07. The minimum atomic E-state index is -0.569. The number of carbonyl (C=O) groups excluding carboxylic acids is 3. The molecule has 1 fully saturated rings. The average molecular weight is 500 g/mol. The van der Waals surface area contributed by atoms with Gasteiger partial charge in [-0.05, 0) is 78.0 Å². The summed E-state index contributed by atoms with van der Waals surface area (Å²) in [5, 5.41) is 0.506. The van der Waals surface area contributed by atoms with E-state index in [2.05, 4.69) is 0 Å². The molecule has 1 aliphatic heterocycles. The Morgan fingerprint density at radius 2 is 1.70 bits per heavy atom. The van der Waals surface area contributed by atoms with Gasteiger partial charge in [0.25, 0.3) is 11.1 Å². The van der Waals surface area contributed by atoms with E-state index in [0.29, 0.717) is 32.6 Å². The van der Waals surface area contributed by atoms with E-state index in [1.807, 2.05) is 0 Å². The van der Waals surface area contributed by atoms with Gasteiger partial charge in [-0.1, -0.05) is 35.3 Å². The van der Waals surface area contributed by atoms with E-state index in [-0.39, 0.29) is 10.7 Å². The monoisotopic (exact) mass is 499 g/mol. The van der Waals surface area contributed by atoms with Crippen LogP contribution in [0.15, 0.2) is 71.6 Å². The van der Waals surface area contributed by atoms with Crippen LogP contribution in [-0.4, -0.2) is 24.2 Å². The Hall–Kier alpha value is -3.26. The first kappa shape index (κ1) is 22.9. The number of ether oxygens (including phenoxy) is 2. The first-order valence-electron chi connectivity index (χ1n) is 9.55. The zero-order valence-corrected chi connectivity index (χ0v) is 19.4. The van der Waals surface area contributed by atoms with Crippen LogP contribution in [0.1, 0.15) is 15.9 Å². The minimum Gasteiger partial charge on any atom is -0.493 e. The molecule has 4 rings (SSSR count). The van der Waals surface area contributed by atoms with Crippen molar-refractivity contribution in [3.63, 3.8) is 0 Å². The lowest BCUT2D eigenvalue weighted by Crippen LogP contribution is -2.27. The molecule has 166 valence electrons. The zero-order valence-electron chi connectivity index (χ0n) is 17.1. The van der Waals surface area contributed by atoms with Gasteiger partial charge in [-0.25, -0.2) is 9.69 Å². The number of imide groups is 1. The Kier molecular flexibility index (Phi) is 6.74. The van der Waals surface area contributed by atoms with Crippen molar-refractivity contribution in [2.75, 3.05) is 12.0 Å². The van der Waals surface area contributed by atoms with E-state index < -0.39 is 17.1 Å². The molecule has 6 nitrogen and oxygen atoms in total. The van der Waals surface area contributed by atoms with Gasteiger partial charge in [-0.2, -0.15) is 0 Å². The fraction of sp³-hybridized carbons (Fsp3) is 0.0417. The Balaban J connectivity index is 1.56. The Labute approximate surface area is 203 Å². The molecule has 9 heteroatoms. The van der Waals surface area contributed by atoms with Gasteiger partial charge in [0.2, 0.25) is 0 Å². The van der Waals surface area contributed by atoms with Crippen LogP contribution >= 0.6 is 35.0 Å². The lowest BCUT2D eigenvalue weighted by molar-refractivity contribution is -0.113. The first-order valence-corrected chi connectivity index (χ1v) is 11.1. The molecular weight excluding hydrogens is 485 g/mol. The molecule has 1 aliphatic rings. The van der Waals surface area contributed by atoms with E-state index in [1.165, 1.54) is 7.11 Å². The molecule has 0 aromatic heterocycles. The number of benzene rings is 3. The van der Waals surface area contributed by atoms with Crippen molar-refractivity contribution in [2.24, 2.45) is 0 Å². The number of carbonyl (C=O) groups is 3. The van der Waals surface area contributed by atoms with Gasteiger partial charge >= 0.3 is 5.97 Å². The van der Waals surface area contributed by atoms with Crippen LogP contribution in [0, 0.1) is 0 Å². The van der Waals surface area contributed by atoms with Crippen LogP contribution in [0.4, 0.5) is 10.5 Å². The second-order valence-corrected chi connectivity index (χ2v) is 8.67. The first-order chi connectivity index (χ1) is 15.9. The van der Waals surface area contributed by atoms with E-state index in [9.17, 15) is 14.4 Å². The Morgan fingerprint density at radius 3 is 2.39 bits per heavy atom. The van der Waals surface area contributed by atoms with Crippen LogP contribution < -0.4 is 14.4 Å². The molecule has 33 heavy (non-hydrogen) atoms. The van der Waals surface area contributed by atoms with E-state index in [1.54, 1.807) is 72.8 Å². The molecular formula is C24H15Cl2NO5S. The van der Waals surface area contributed by atoms with E-state index in [4.69, 9.17) is 32.7 Å². The summed E-state index contributed by atoms with van der Waals surface area (Å²) in [5.74, 6) is -0.522. The topological polar surface area (TPSA) is 72.9 Å². The predicted octanol–water partition coefficient (Wildman–Crippen LogP) is 6.46. The van der Waals surface area contributed by atoms with Crippen molar-refractivity contribution in [3.8, 4) is 11.5 Å². The number of hydrogen-bond donors (Lipinski definition) is 0. The second-order valence-electron chi connectivity index (χ2n) is 6.80. The van der Waals surface area contributed by atoms with E-state index >= 15 is 0 Å². The number of amides is 2. The number of hydrogen-bond acceptors (Lipinski definition) is 6. The molecule has 1 saturated heterocycles. The number of nitrogens with zero attached hydrogens (tertiary/aromatic N) is 1. The maximum Gasteiger partial charge on any atom is 0.343 e. The van der Waals surface area contributed by atoms with Crippen LogP contribution in [0.2, 0.25) is 10.0 Å². The van der Waals surface area contributed by atoms with Crippen molar-refractivity contribution >= 4 is 63.8 Å². The number of anilines is 1. The quantitative estimate of drug-likeness (QED) is 0.227. The molecule has 0 N–H and O–H groups in total. The molecule has 0 spiro atoms. The van der Waals surface area contributed by atoms with Gasteiger partial charge in [0.05, 0.1) is 23.3 Å². The third-order valence-electron chi connectivity index (χ3n) is 4.63. The third-order valence-corrected chi connectivity index (χ3v) is 5.98. The molecule has 3 aromatic rings. The van der Waals surface area contributed by atoms with Gasteiger partial charge in [-0.15, -0.1) is 0 Å². The van der Waals surface area contributed by atoms with Crippen LogP contribution in [0.5, 0.6) is 11.5 Å². The number of methoxy groups -OCH3 is 1. The van der Waals surface area contributed by atoms with Crippen LogP contribution in [-0.2, 0) is 4.79 Å². The molecule has 0 bridgehead atoms. The van der Waals surface area contributed by atoms with Gasteiger partial charge in [-0.3, -0.25) is 9.59 Å². The SMILES string of the molecule is COc1cc(/C=C2\SC(=O)N(c3cccc(Cl)c3)C2=O)ccc1OC(=O)c1ccc(Cl)cc1. The Morgan fingerprint density at radius 1 is 0.939 bits per heavy atom. The normalized spacial score (nSPS) is 14.6. The summed E-state index contributed by atoms with van der Waals surface area (Å²) in [5.41, 5.74) is 1.32. The molecule has 0 unspecified atom stereocenters. The molecule has 1 heterocycles. The van der Waals surface area contributed by atoms with Crippen molar-refractivity contribution < 1.29 is 23.9 Å². The summed E-state index contributed by atoms with van der Waals surface area (Å²) < 4.78 is 10.8. The fourth-order valence-electron chi connectivity index (χ4n) is 3.06. The molecule has 0 saturated carbocycles. The predicted molar refractivity (Wildman–Crippen MR) is 129 cm³/mol. The summed E-state index contributed by atoms with van der Waals surface area (Å²) in [4.78, 5) is 39.0. The highest BCUT2D eigenvalue weighted by molar-refractivity contribution is 8.19. The van der Waals surface area contributed by atoms with Crippen molar-refractivity contribution in [2.45, 2.75) is 0 Å². The third kappa shape index (κ3) is 5.06. The van der Waals surface area contributed by atoms with E-state index in [0.717, 1.165) is 16.7 Å². The van der Waals surface area contributed by atoms with Crippen LogP contribution in [0.25, 0.3) is 6.08 Å². The highest BCUT2D eigenvalue weighted by Gasteiger charge is 2.36. The summed E-state index contributed by atoms with van der Waals surface area (Å²) in [6.45, 7) is 0. The minimum absolute atomic E-state index is 0.210. The zero-order chi connectivity index (χ0) is 23.5. The highest BCUT2D eigenvalue weighted by atomic mass is 35.5. The van der Waals surface area contributed by atoms with Gasteiger partial charge in [0.15, 0.2) is 11.5 Å². The molecule has 0 atom stereocenters. The van der Waals surface area contributed by atoms with Gasteiger partial charge < -0.3 is 9.47 Å². The fourth-order valence-corrected chi connectivity index (χ4v) is 4.21. The van der Waals surface area contributed by atoms with Crippen molar-refractivity contribution in [1.29, 1.82) is 0 Å². The maximum atomic E-state index is 12.8. The molecule has 3 aromatic carbocycles. The summed E-state index contributed by atoms with van der Waals surface area (Å²) in [6, 6.07) is 17.6. The van der Waals surface area contributed by atoms with Crippen LogP contribution in [0.3, 0.4) is 0 Å². The summed E-state index contributed by atoms with van der Waals surface area (Å²) in [6.07, 6.45) is 1.57. The number of thioether (sulfide) groups is 1. The number of rotatable bonds is 5. The van der Waals surface area contributed by atoms with Gasteiger partial charge in [0, 0.05) is 10.0 Å². The standard InChI is InChI=1S/C24H15Cl2NO5S/c1-31-20-11-14(5-10-19(20)32-23(29)15-6-8-16(25)9-7-15)12-21-22(28)27(24(30)33-21)18-4-2-3-17(26)13-18/h2-13H,1H3/b21-12-. The second kappa shape index (κ2) is 9.70.